The van der Waals surface area contributed by atoms with Crippen molar-refractivity contribution in [3.05, 3.63) is 0 Å². The molecule has 4 unspecified atom stereocenters. The van der Waals surface area contributed by atoms with Crippen molar-refractivity contribution in [3.8, 4) is 0 Å². The first-order chi connectivity index (χ1) is 15.2. The fourth-order valence-corrected chi connectivity index (χ4v) is 4.47. The Bertz CT molecular complexity index is 461. The predicted molar refractivity (Wildman–Crippen MR) is 129 cm³/mol. The number of hydrogen-bond donors (Lipinski definition) is 6. The third-order valence-electron chi connectivity index (χ3n) is 6.60. The van der Waals surface area contributed by atoms with Gasteiger partial charge in [0.15, 0.2) is 6.29 Å². The van der Waals surface area contributed by atoms with Crippen molar-refractivity contribution in [2.75, 3.05) is 13.1 Å². The lowest BCUT2D eigenvalue weighted by Gasteiger charge is -2.26. The standard InChI is InChI=1S/C8H14N2O2.C8H18N2.C8H18O2/c9-7(11)5-2-1-3-6(4-5)8(10)12;9-5-7-2-1-3-8(4-7)6-10;1-2-3-4-5-6-7-8(9)10/h5-6H,1-4H2,(H2,9,11)(H2,10,12);7-8H,1-6,9-10H2;8-10H,2-7H2,1H3. The molecule has 2 aliphatic rings. The van der Waals surface area contributed by atoms with Gasteiger partial charge in [0.25, 0.3) is 0 Å². The van der Waals surface area contributed by atoms with Crippen LogP contribution in [0.4, 0.5) is 0 Å². The highest BCUT2D eigenvalue weighted by Crippen LogP contribution is 2.28. The molecule has 4 atom stereocenters. The summed E-state index contributed by atoms with van der Waals surface area (Å²) in [6, 6.07) is 0. The molecule has 0 radical (unpaired) electrons. The summed E-state index contributed by atoms with van der Waals surface area (Å²) in [6.07, 6.45) is 13.5. The van der Waals surface area contributed by atoms with Gasteiger partial charge in [-0.05, 0) is 76.3 Å². The Hall–Kier alpha value is -1.22. The molecule has 2 amide bonds. The van der Waals surface area contributed by atoms with E-state index in [2.05, 4.69) is 6.92 Å². The van der Waals surface area contributed by atoms with E-state index in [4.69, 9.17) is 33.1 Å². The topological polar surface area (TPSA) is 179 Å². The molecule has 2 saturated carbocycles. The number of aliphatic hydroxyl groups excluding tert-OH is 1. The second-order valence-electron chi connectivity index (χ2n) is 9.42. The van der Waals surface area contributed by atoms with E-state index in [0.29, 0.717) is 12.8 Å². The highest BCUT2D eigenvalue weighted by atomic mass is 16.5. The highest BCUT2D eigenvalue weighted by molar-refractivity contribution is 5.80. The first-order valence-corrected chi connectivity index (χ1v) is 12.6. The Morgan fingerprint density at radius 1 is 0.781 bits per heavy atom. The number of rotatable bonds is 10. The van der Waals surface area contributed by atoms with E-state index in [1.165, 1.54) is 44.9 Å². The molecule has 0 aromatic carbocycles. The Balaban J connectivity index is 0.000000454. The lowest BCUT2D eigenvalue weighted by atomic mass is 9.81. The Labute approximate surface area is 194 Å². The van der Waals surface area contributed by atoms with Crippen LogP contribution in [0.15, 0.2) is 0 Å². The molecule has 0 aromatic heterocycles. The number of carbonyl (C=O) groups excluding carboxylic acids is 2. The zero-order valence-electron chi connectivity index (χ0n) is 20.2. The van der Waals surface area contributed by atoms with E-state index < -0.39 is 6.29 Å². The molecule has 32 heavy (non-hydrogen) atoms. The average molecular weight is 459 g/mol. The van der Waals surface area contributed by atoms with Crippen LogP contribution in [0.3, 0.4) is 0 Å². The molecule has 0 heterocycles. The second kappa shape index (κ2) is 19.3. The molecular weight excluding hydrogens is 408 g/mol. The third-order valence-corrected chi connectivity index (χ3v) is 6.60. The fraction of sp³-hybridized carbons (Fsp3) is 0.917. The summed E-state index contributed by atoms with van der Waals surface area (Å²) in [5, 5.41) is 16.9. The lowest BCUT2D eigenvalue weighted by molar-refractivity contribution is -0.126. The van der Waals surface area contributed by atoms with Gasteiger partial charge in [0.2, 0.25) is 11.8 Å². The third kappa shape index (κ3) is 15.6. The summed E-state index contributed by atoms with van der Waals surface area (Å²) in [4.78, 5) is 21.6. The van der Waals surface area contributed by atoms with Gasteiger partial charge < -0.3 is 33.1 Å². The molecule has 190 valence electrons. The molecule has 2 rings (SSSR count). The Kier molecular flexibility index (Phi) is 18.5. The van der Waals surface area contributed by atoms with Gasteiger partial charge in [0, 0.05) is 11.8 Å². The summed E-state index contributed by atoms with van der Waals surface area (Å²) in [5.41, 5.74) is 21.4. The summed E-state index contributed by atoms with van der Waals surface area (Å²) in [6.45, 7) is 3.88. The van der Waals surface area contributed by atoms with Gasteiger partial charge in [-0.25, -0.2) is 0 Å². The largest absolute Gasteiger partial charge is 0.369 e. The van der Waals surface area contributed by atoms with Crippen molar-refractivity contribution in [1.82, 2.24) is 0 Å². The molecule has 10 N–H and O–H groups in total. The van der Waals surface area contributed by atoms with Gasteiger partial charge in [-0.15, -0.1) is 0 Å². The molecule has 0 bridgehead atoms. The molecular formula is C24H50N4O4. The smallest absolute Gasteiger partial charge is 0.220 e. The van der Waals surface area contributed by atoms with E-state index in [9.17, 15) is 9.59 Å². The number of amides is 2. The minimum atomic E-state index is -1.10. The van der Waals surface area contributed by atoms with Crippen LogP contribution in [0.2, 0.25) is 0 Å². The first kappa shape index (κ1) is 30.8. The van der Waals surface area contributed by atoms with Crippen LogP contribution >= 0.6 is 0 Å². The monoisotopic (exact) mass is 458 g/mol. The minimum Gasteiger partial charge on any atom is -0.369 e. The number of unbranched alkanes of at least 4 members (excludes halogenated alkanes) is 4. The SMILES string of the molecule is CCCCCCCC(O)O.NC(=O)C1CCCC(C(N)=O)C1.NCC1CCCC(CN)C1. The Morgan fingerprint density at radius 3 is 1.66 bits per heavy atom. The summed E-state index contributed by atoms with van der Waals surface area (Å²) in [5.74, 6) is 0.638. The van der Waals surface area contributed by atoms with E-state index in [-0.39, 0.29) is 23.7 Å². The minimum absolute atomic E-state index is 0.142. The molecule has 2 aliphatic carbocycles. The average Bonchev–Trinajstić information content (AvgIpc) is 2.79. The maximum absolute atomic E-state index is 10.8. The van der Waals surface area contributed by atoms with E-state index in [1.54, 1.807) is 0 Å². The zero-order valence-corrected chi connectivity index (χ0v) is 20.2. The normalized spacial score (nSPS) is 25.2. The summed E-state index contributed by atoms with van der Waals surface area (Å²) in [7, 11) is 0. The van der Waals surface area contributed by atoms with Crippen molar-refractivity contribution in [2.24, 2.45) is 46.6 Å². The zero-order chi connectivity index (χ0) is 24.4. The van der Waals surface area contributed by atoms with E-state index in [0.717, 1.165) is 57.0 Å². The van der Waals surface area contributed by atoms with Gasteiger partial charge in [-0.3, -0.25) is 9.59 Å². The van der Waals surface area contributed by atoms with Crippen LogP contribution in [0.5, 0.6) is 0 Å². The van der Waals surface area contributed by atoms with Crippen molar-refractivity contribution in [3.63, 3.8) is 0 Å². The summed E-state index contributed by atoms with van der Waals surface area (Å²) < 4.78 is 0. The second-order valence-corrected chi connectivity index (χ2v) is 9.42. The van der Waals surface area contributed by atoms with Crippen LogP contribution in [0.25, 0.3) is 0 Å². The van der Waals surface area contributed by atoms with Crippen molar-refractivity contribution < 1.29 is 19.8 Å². The van der Waals surface area contributed by atoms with Crippen LogP contribution in [-0.4, -0.2) is 41.4 Å². The lowest BCUT2D eigenvalue weighted by Crippen LogP contribution is -2.34. The van der Waals surface area contributed by atoms with Crippen LogP contribution in [0, 0.1) is 23.7 Å². The molecule has 0 aliphatic heterocycles. The number of nitrogens with two attached hydrogens (primary N) is 4. The molecule has 8 nitrogen and oxygen atoms in total. The quantitative estimate of drug-likeness (QED) is 0.215. The Morgan fingerprint density at radius 2 is 1.25 bits per heavy atom. The summed E-state index contributed by atoms with van der Waals surface area (Å²) >= 11 is 0. The van der Waals surface area contributed by atoms with Crippen LogP contribution < -0.4 is 22.9 Å². The predicted octanol–water partition coefficient (Wildman–Crippen LogP) is 2.13. The number of carbonyl (C=O) groups is 2. The van der Waals surface area contributed by atoms with Gasteiger partial charge in [-0.1, -0.05) is 45.4 Å². The van der Waals surface area contributed by atoms with Crippen molar-refractivity contribution in [1.29, 1.82) is 0 Å². The van der Waals surface area contributed by atoms with Gasteiger partial charge >= 0.3 is 0 Å². The highest BCUT2D eigenvalue weighted by Gasteiger charge is 2.28. The molecule has 2 fully saturated rings. The van der Waals surface area contributed by atoms with Crippen LogP contribution in [0.1, 0.15) is 96.8 Å². The first-order valence-electron chi connectivity index (χ1n) is 12.6. The molecule has 0 aromatic rings. The fourth-order valence-electron chi connectivity index (χ4n) is 4.47. The maximum Gasteiger partial charge on any atom is 0.220 e. The number of primary amides is 2. The van der Waals surface area contributed by atoms with Crippen molar-refractivity contribution in [2.45, 2.75) is 103 Å². The molecule has 0 spiro atoms. The molecule has 0 saturated heterocycles. The van der Waals surface area contributed by atoms with E-state index in [1.807, 2.05) is 0 Å². The van der Waals surface area contributed by atoms with Crippen molar-refractivity contribution >= 4 is 11.8 Å². The van der Waals surface area contributed by atoms with Gasteiger partial charge in [0.05, 0.1) is 0 Å². The van der Waals surface area contributed by atoms with Gasteiger partial charge in [0.1, 0.15) is 0 Å². The van der Waals surface area contributed by atoms with Crippen LogP contribution in [-0.2, 0) is 9.59 Å². The number of hydrogen-bond acceptors (Lipinski definition) is 6. The molecule has 8 heteroatoms. The van der Waals surface area contributed by atoms with E-state index >= 15 is 0 Å². The number of aliphatic hydroxyl groups is 2. The van der Waals surface area contributed by atoms with Gasteiger partial charge in [-0.2, -0.15) is 0 Å². The maximum atomic E-state index is 10.8.